The summed E-state index contributed by atoms with van der Waals surface area (Å²) in [7, 11) is 1.62. The van der Waals surface area contributed by atoms with E-state index < -0.39 is 0 Å². The summed E-state index contributed by atoms with van der Waals surface area (Å²) in [6.07, 6.45) is 1.31. The van der Waals surface area contributed by atoms with Crippen molar-refractivity contribution in [2.75, 3.05) is 12.9 Å². The van der Waals surface area contributed by atoms with E-state index >= 15 is 0 Å². The van der Waals surface area contributed by atoms with Crippen LogP contribution in [0.2, 0.25) is 0 Å². The SMILES string of the molecule is COc1ccc(-[n+]2c(SCC(=O)N/N=C/c3ccc(O)cc3O)n[nH]c2-c2ccc(C(C)(C)C)cc2)cc1. The van der Waals surface area contributed by atoms with Gasteiger partial charge in [-0.2, -0.15) is 9.67 Å². The van der Waals surface area contributed by atoms with Gasteiger partial charge in [-0.3, -0.25) is 4.79 Å². The van der Waals surface area contributed by atoms with E-state index in [4.69, 9.17) is 4.74 Å². The highest BCUT2D eigenvalue weighted by atomic mass is 32.2. The number of aromatic hydroxyl groups is 2. The van der Waals surface area contributed by atoms with Gasteiger partial charge >= 0.3 is 5.16 Å². The van der Waals surface area contributed by atoms with E-state index in [-0.39, 0.29) is 28.6 Å². The molecule has 196 valence electrons. The molecule has 38 heavy (non-hydrogen) atoms. The van der Waals surface area contributed by atoms with Gasteiger partial charge in [0.05, 0.1) is 29.7 Å². The van der Waals surface area contributed by atoms with Crippen molar-refractivity contribution >= 4 is 23.9 Å². The maximum Gasteiger partial charge on any atom is 0.342 e. The number of hydrazone groups is 1. The molecule has 4 N–H and O–H groups in total. The fourth-order valence-corrected chi connectivity index (χ4v) is 4.42. The van der Waals surface area contributed by atoms with Crippen molar-refractivity contribution < 1.29 is 24.3 Å². The molecule has 4 rings (SSSR count). The number of methoxy groups -OCH3 is 1. The molecule has 1 heterocycles. The number of nitrogens with zero attached hydrogens (tertiary/aromatic N) is 3. The number of phenols is 2. The number of aromatic nitrogens is 3. The molecule has 10 heteroatoms. The van der Waals surface area contributed by atoms with Crippen molar-refractivity contribution in [3.8, 4) is 34.3 Å². The van der Waals surface area contributed by atoms with Crippen molar-refractivity contribution in [2.45, 2.75) is 31.3 Å². The van der Waals surface area contributed by atoms with Gasteiger partial charge in [0.2, 0.25) is 0 Å². The minimum absolute atomic E-state index is 0.0381. The Bertz CT molecular complexity index is 1440. The maximum atomic E-state index is 12.5. The minimum atomic E-state index is -0.343. The number of rotatable bonds is 8. The van der Waals surface area contributed by atoms with Crippen molar-refractivity contribution in [1.82, 2.24) is 15.6 Å². The van der Waals surface area contributed by atoms with Crippen molar-refractivity contribution in [3.63, 3.8) is 0 Å². The summed E-state index contributed by atoms with van der Waals surface area (Å²) in [5.41, 5.74) is 5.89. The number of benzene rings is 3. The molecule has 0 fully saturated rings. The van der Waals surface area contributed by atoms with Crippen LogP contribution >= 0.6 is 11.8 Å². The summed E-state index contributed by atoms with van der Waals surface area (Å²) in [5.74, 6) is 1.03. The Labute approximate surface area is 225 Å². The molecule has 0 aliphatic heterocycles. The van der Waals surface area contributed by atoms with Crippen molar-refractivity contribution in [2.24, 2.45) is 5.10 Å². The molecule has 3 aromatic carbocycles. The first kappa shape index (κ1) is 26.7. The number of nitrogens with one attached hydrogen (secondary N) is 2. The van der Waals surface area contributed by atoms with E-state index in [1.54, 1.807) is 7.11 Å². The molecule has 0 spiro atoms. The lowest BCUT2D eigenvalue weighted by molar-refractivity contribution is -0.625. The molecule has 0 radical (unpaired) electrons. The number of H-pyrrole nitrogens is 1. The zero-order chi connectivity index (χ0) is 27.3. The van der Waals surface area contributed by atoms with Crippen LogP contribution in [0, 0.1) is 0 Å². The predicted octanol–water partition coefficient (Wildman–Crippen LogP) is 4.31. The smallest absolute Gasteiger partial charge is 0.342 e. The Kier molecular flexibility index (Phi) is 8.02. The number of ether oxygens (including phenoxy) is 1. The molecule has 4 aromatic rings. The lowest BCUT2D eigenvalue weighted by atomic mass is 9.87. The second kappa shape index (κ2) is 11.4. The third-order valence-corrected chi connectivity index (χ3v) is 6.71. The van der Waals surface area contributed by atoms with Crippen LogP contribution in [0.25, 0.3) is 17.1 Å². The Balaban J connectivity index is 1.55. The average Bonchev–Trinajstić information content (AvgIpc) is 3.32. The van der Waals surface area contributed by atoms with Gasteiger partial charge in [-0.1, -0.05) is 32.9 Å². The van der Waals surface area contributed by atoms with Gasteiger partial charge in [0.15, 0.2) is 0 Å². The van der Waals surface area contributed by atoms with E-state index in [0.29, 0.717) is 10.7 Å². The molecule has 0 bridgehead atoms. The Morgan fingerprint density at radius 3 is 2.45 bits per heavy atom. The largest absolute Gasteiger partial charge is 0.508 e. The summed E-state index contributed by atoms with van der Waals surface area (Å²) in [4.78, 5) is 12.5. The fraction of sp³-hybridized carbons (Fsp3) is 0.214. The lowest BCUT2D eigenvalue weighted by Gasteiger charge is -2.18. The monoisotopic (exact) mass is 532 g/mol. The van der Waals surface area contributed by atoms with Gasteiger partial charge in [-0.05, 0) is 71.3 Å². The quantitative estimate of drug-likeness (QED) is 0.116. The van der Waals surface area contributed by atoms with E-state index in [0.717, 1.165) is 22.8 Å². The highest BCUT2D eigenvalue weighted by Crippen LogP contribution is 2.26. The third kappa shape index (κ3) is 6.33. The normalized spacial score (nSPS) is 11.6. The van der Waals surface area contributed by atoms with E-state index in [1.807, 2.05) is 28.8 Å². The number of thioether (sulfide) groups is 1. The second-order valence-electron chi connectivity index (χ2n) is 9.54. The Hall–Kier alpha value is -4.31. The van der Waals surface area contributed by atoms with Gasteiger partial charge in [0.1, 0.15) is 22.9 Å². The predicted molar refractivity (Wildman–Crippen MR) is 147 cm³/mol. The van der Waals surface area contributed by atoms with Gasteiger partial charge in [0, 0.05) is 11.6 Å². The van der Waals surface area contributed by atoms with Crippen molar-refractivity contribution in [1.29, 1.82) is 0 Å². The summed E-state index contributed by atoms with van der Waals surface area (Å²) in [5, 5.41) is 31.3. The van der Waals surface area contributed by atoms with Crippen LogP contribution in [0.1, 0.15) is 31.9 Å². The van der Waals surface area contributed by atoms with Crippen LogP contribution in [0.4, 0.5) is 0 Å². The van der Waals surface area contributed by atoms with Crippen LogP contribution in [0.3, 0.4) is 0 Å². The van der Waals surface area contributed by atoms with Crippen LogP contribution in [0.5, 0.6) is 17.2 Å². The standard InChI is InChI=1S/C28H29N5O4S/c1-28(2,3)20-8-5-18(6-9-20)26-31-32-27(33(26)21-10-13-23(37-4)14-11-21)38-17-25(36)30-29-16-19-7-12-22(34)15-24(19)35/h5-16H,17H2,1-4H3,(H3,29,30,34,35,36)/p+1. The number of carbonyl (C=O) groups is 1. The topological polar surface area (TPSA) is 124 Å². The highest BCUT2D eigenvalue weighted by Gasteiger charge is 2.25. The number of amides is 1. The summed E-state index contributed by atoms with van der Waals surface area (Å²) < 4.78 is 7.27. The van der Waals surface area contributed by atoms with Gasteiger partial charge < -0.3 is 14.9 Å². The first-order valence-corrected chi connectivity index (χ1v) is 12.9. The van der Waals surface area contributed by atoms with E-state index in [2.05, 4.69) is 65.8 Å². The molecule has 1 amide bonds. The molecule has 0 saturated carbocycles. The van der Waals surface area contributed by atoms with Gasteiger partial charge in [-0.25, -0.2) is 5.43 Å². The van der Waals surface area contributed by atoms with Crippen LogP contribution in [0.15, 0.2) is 77.0 Å². The lowest BCUT2D eigenvalue weighted by Crippen LogP contribution is -2.34. The second-order valence-corrected chi connectivity index (χ2v) is 10.5. The maximum absolute atomic E-state index is 12.5. The molecular formula is C28H30N5O4S+. The Morgan fingerprint density at radius 2 is 1.82 bits per heavy atom. The van der Waals surface area contributed by atoms with Crippen molar-refractivity contribution in [3.05, 3.63) is 77.9 Å². The minimum Gasteiger partial charge on any atom is -0.508 e. The summed E-state index contributed by atoms with van der Waals surface area (Å²) in [6, 6.07) is 20.0. The van der Waals surface area contributed by atoms with Crippen LogP contribution < -0.4 is 14.7 Å². The molecule has 0 unspecified atom stereocenters. The fourth-order valence-electron chi connectivity index (χ4n) is 3.66. The summed E-state index contributed by atoms with van der Waals surface area (Å²) in [6.45, 7) is 6.52. The Morgan fingerprint density at radius 1 is 1.11 bits per heavy atom. The molecule has 0 aliphatic rings. The van der Waals surface area contributed by atoms with E-state index in [9.17, 15) is 15.0 Å². The first-order chi connectivity index (χ1) is 18.2. The molecule has 0 atom stereocenters. The molecule has 0 aliphatic carbocycles. The number of hydrogen-bond acceptors (Lipinski definition) is 7. The first-order valence-electron chi connectivity index (χ1n) is 11.9. The third-order valence-electron chi connectivity index (χ3n) is 5.77. The van der Waals surface area contributed by atoms with Gasteiger partial charge in [0.25, 0.3) is 11.7 Å². The zero-order valence-electron chi connectivity index (χ0n) is 21.6. The number of hydrogen-bond donors (Lipinski definition) is 4. The van der Waals surface area contributed by atoms with Crippen LogP contribution in [-0.4, -0.2) is 45.4 Å². The number of carbonyl (C=O) groups excluding carboxylic acids is 1. The van der Waals surface area contributed by atoms with Gasteiger partial charge in [-0.15, -0.1) is 5.10 Å². The van der Waals surface area contributed by atoms with Crippen LogP contribution in [-0.2, 0) is 10.2 Å². The van der Waals surface area contributed by atoms with E-state index in [1.165, 1.54) is 41.7 Å². The number of aromatic amines is 1. The molecule has 9 nitrogen and oxygen atoms in total. The number of phenolic OH excluding ortho intramolecular Hbond substituents is 2. The summed E-state index contributed by atoms with van der Waals surface area (Å²) >= 11 is 1.26. The average molecular weight is 533 g/mol. The molecule has 0 saturated heterocycles. The molecular weight excluding hydrogens is 502 g/mol. The molecule has 1 aromatic heterocycles. The zero-order valence-corrected chi connectivity index (χ0v) is 22.4. The highest BCUT2D eigenvalue weighted by molar-refractivity contribution is 7.99.